The molecule has 2 heterocycles. The molecule has 0 saturated heterocycles. The van der Waals surface area contributed by atoms with Gasteiger partial charge >= 0.3 is 0 Å². The third-order valence-corrected chi connectivity index (χ3v) is 4.74. The molecule has 0 atom stereocenters. The van der Waals surface area contributed by atoms with Crippen LogP contribution in [0, 0.1) is 18.4 Å². The van der Waals surface area contributed by atoms with Crippen LogP contribution in [0.5, 0.6) is 0 Å². The summed E-state index contributed by atoms with van der Waals surface area (Å²) >= 11 is 0. The summed E-state index contributed by atoms with van der Waals surface area (Å²) in [5, 5.41) is 16.9. The topological polar surface area (TPSA) is 74.0 Å². The predicted octanol–water partition coefficient (Wildman–Crippen LogP) is 2.91. The number of aryl methyl sites for hydroxylation is 1. The number of carbonyl (C=O) groups is 1. The molecule has 27 heavy (non-hydrogen) atoms. The maximum Gasteiger partial charge on any atom is 0.251 e. The molecule has 6 nitrogen and oxygen atoms in total. The Kier molecular flexibility index (Phi) is 4.35. The van der Waals surface area contributed by atoms with Crippen LogP contribution in [-0.4, -0.2) is 20.6 Å². The molecule has 0 fully saturated rings. The number of nitrogens with one attached hydrogen (secondary N) is 1. The van der Waals surface area contributed by atoms with Crippen LogP contribution in [-0.2, 0) is 19.6 Å². The fourth-order valence-corrected chi connectivity index (χ4v) is 3.27. The summed E-state index contributed by atoms with van der Waals surface area (Å²) in [5.74, 6) is -0.131. The molecule has 1 aliphatic rings. The van der Waals surface area contributed by atoms with Crippen LogP contribution in [0.2, 0.25) is 0 Å². The van der Waals surface area contributed by atoms with Crippen molar-refractivity contribution in [2.45, 2.75) is 26.6 Å². The van der Waals surface area contributed by atoms with Gasteiger partial charge in [0, 0.05) is 11.1 Å². The van der Waals surface area contributed by atoms with Crippen LogP contribution >= 0.6 is 0 Å². The van der Waals surface area contributed by atoms with Gasteiger partial charge in [-0.25, -0.2) is 4.68 Å². The normalized spacial score (nSPS) is 12.5. The summed E-state index contributed by atoms with van der Waals surface area (Å²) in [5.41, 5.74) is 5.50. The Balaban J connectivity index is 1.59. The molecule has 6 heteroatoms. The number of hydrogen-bond acceptors (Lipinski definition) is 4. The molecule has 1 aromatic heterocycles. The lowest BCUT2D eigenvalue weighted by Gasteiger charge is -2.09. The molecule has 0 aliphatic carbocycles. The van der Waals surface area contributed by atoms with Crippen molar-refractivity contribution in [1.29, 1.82) is 5.26 Å². The van der Waals surface area contributed by atoms with Gasteiger partial charge in [0.2, 0.25) is 0 Å². The third kappa shape index (κ3) is 3.27. The molecule has 0 spiro atoms. The Morgan fingerprint density at radius 2 is 1.89 bits per heavy atom. The average Bonchev–Trinajstić information content (AvgIpc) is 3.26. The molecule has 1 N–H and O–H groups in total. The monoisotopic (exact) mass is 357 g/mol. The first-order valence-electron chi connectivity index (χ1n) is 8.80. The SMILES string of the molecule is Cc1ccc(C(=O)NCc2nn(-c3ccccc3)c3c2CN(C#N)C3)cc1. The van der Waals surface area contributed by atoms with E-state index in [-0.39, 0.29) is 5.91 Å². The second kappa shape index (κ2) is 6.96. The summed E-state index contributed by atoms with van der Waals surface area (Å²) < 4.78 is 1.88. The van der Waals surface area contributed by atoms with Crippen molar-refractivity contribution < 1.29 is 4.79 Å². The van der Waals surface area contributed by atoms with E-state index in [0.29, 0.717) is 25.2 Å². The van der Waals surface area contributed by atoms with Crippen molar-refractivity contribution in [2.24, 2.45) is 0 Å². The first kappa shape index (κ1) is 16.9. The molecule has 0 unspecified atom stereocenters. The van der Waals surface area contributed by atoms with Crippen LogP contribution in [0.25, 0.3) is 5.69 Å². The Morgan fingerprint density at radius 1 is 1.15 bits per heavy atom. The Morgan fingerprint density at radius 3 is 2.59 bits per heavy atom. The molecule has 1 amide bonds. The number of nitrogens with zero attached hydrogens (tertiary/aromatic N) is 4. The van der Waals surface area contributed by atoms with Gasteiger partial charge in [0.25, 0.3) is 5.91 Å². The Bertz CT molecular complexity index is 1020. The van der Waals surface area contributed by atoms with E-state index in [1.807, 2.05) is 66.2 Å². The molecule has 2 aromatic carbocycles. The maximum atomic E-state index is 12.4. The zero-order chi connectivity index (χ0) is 18.8. The van der Waals surface area contributed by atoms with Crippen LogP contribution in [0.4, 0.5) is 0 Å². The Labute approximate surface area is 157 Å². The summed E-state index contributed by atoms with van der Waals surface area (Å²) in [6.07, 6.45) is 2.20. The number of hydrogen-bond donors (Lipinski definition) is 1. The van der Waals surface area contributed by atoms with E-state index < -0.39 is 0 Å². The number of nitriles is 1. The van der Waals surface area contributed by atoms with E-state index in [9.17, 15) is 10.1 Å². The van der Waals surface area contributed by atoms with Crippen molar-refractivity contribution in [3.8, 4) is 11.9 Å². The summed E-state index contributed by atoms with van der Waals surface area (Å²) in [4.78, 5) is 14.1. The summed E-state index contributed by atoms with van der Waals surface area (Å²) in [6.45, 7) is 3.37. The molecule has 1 aliphatic heterocycles. The van der Waals surface area contributed by atoms with Crippen molar-refractivity contribution in [3.05, 3.63) is 82.7 Å². The van der Waals surface area contributed by atoms with Crippen molar-refractivity contribution >= 4 is 5.91 Å². The van der Waals surface area contributed by atoms with E-state index in [0.717, 1.165) is 28.2 Å². The zero-order valence-corrected chi connectivity index (χ0v) is 15.0. The van der Waals surface area contributed by atoms with Gasteiger partial charge in [-0.15, -0.1) is 0 Å². The second-order valence-corrected chi connectivity index (χ2v) is 6.62. The summed E-state index contributed by atoms with van der Waals surface area (Å²) in [6, 6.07) is 17.3. The lowest BCUT2D eigenvalue weighted by Crippen LogP contribution is -2.24. The lowest BCUT2D eigenvalue weighted by molar-refractivity contribution is 0.0950. The van der Waals surface area contributed by atoms with Crippen LogP contribution in [0.3, 0.4) is 0 Å². The van der Waals surface area contributed by atoms with Gasteiger partial charge in [0.1, 0.15) is 0 Å². The van der Waals surface area contributed by atoms with Crippen molar-refractivity contribution in [3.63, 3.8) is 0 Å². The minimum atomic E-state index is -0.131. The molecular weight excluding hydrogens is 338 g/mol. The van der Waals surface area contributed by atoms with Gasteiger partial charge in [-0.3, -0.25) is 4.79 Å². The van der Waals surface area contributed by atoms with E-state index in [1.54, 1.807) is 4.90 Å². The van der Waals surface area contributed by atoms with E-state index in [2.05, 4.69) is 11.5 Å². The fraction of sp³-hybridized carbons (Fsp3) is 0.190. The van der Waals surface area contributed by atoms with E-state index in [1.165, 1.54) is 0 Å². The number of benzene rings is 2. The van der Waals surface area contributed by atoms with Gasteiger partial charge in [-0.2, -0.15) is 10.4 Å². The fourth-order valence-electron chi connectivity index (χ4n) is 3.27. The highest BCUT2D eigenvalue weighted by atomic mass is 16.1. The van der Waals surface area contributed by atoms with Crippen LogP contribution < -0.4 is 5.32 Å². The third-order valence-electron chi connectivity index (χ3n) is 4.74. The predicted molar refractivity (Wildman–Crippen MR) is 101 cm³/mol. The minimum Gasteiger partial charge on any atom is -0.346 e. The van der Waals surface area contributed by atoms with Crippen molar-refractivity contribution in [2.75, 3.05) is 0 Å². The first-order chi connectivity index (χ1) is 13.2. The minimum absolute atomic E-state index is 0.131. The lowest BCUT2D eigenvalue weighted by atomic mass is 10.1. The highest BCUT2D eigenvalue weighted by Crippen LogP contribution is 2.27. The Hall–Kier alpha value is -3.59. The molecule has 134 valence electrons. The van der Waals surface area contributed by atoms with E-state index in [4.69, 9.17) is 5.10 Å². The van der Waals surface area contributed by atoms with Gasteiger partial charge in [-0.05, 0) is 31.2 Å². The van der Waals surface area contributed by atoms with Gasteiger partial charge in [-0.1, -0.05) is 35.9 Å². The molecule has 0 saturated carbocycles. The number of fused-ring (bicyclic) bond motifs is 1. The van der Waals surface area contributed by atoms with Gasteiger partial charge in [0.05, 0.1) is 36.7 Å². The highest BCUT2D eigenvalue weighted by molar-refractivity contribution is 5.94. The number of rotatable bonds is 4. The molecule has 3 aromatic rings. The summed E-state index contributed by atoms with van der Waals surface area (Å²) in [7, 11) is 0. The largest absolute Gasteiger partial charge is 0.346 e. The number of carbonyl (C=O) groups excluding carboxylic acids is 1. The van der Waals surface area contributed by atoms with Crippen LogP contribution in [0.15, 0.2) is 54.6 Å². The number of para-hydroxylation sites is 1. The van der Waals surface area contributed by atoms with Crippen LogP contribution in [0.1, 0.15) is 32.9 Å². The molecule has 0 radical (unpaired) electrons. The number of aromatic nitrogens is 2. The second-order valence-electron chi connectivity index (χ2n) is 6.62. The van der Waals surface area contributed by atoms with Gasteiger partial charge in [0.15, 0.2) is 6.19 Å². The van der Waals surface area contributed by atoms with E-state index >= 15 is 0 Å². The first-order valence-corrected chi connectivity index (χ1v) is 8.80. The number of amides is 1. The quantitative estimate of drug-likeness (QED) is 0.729. The maximum absolute atomic E-state index is 12.4. The van der Waals surface area contributed by atoms with Gasteiger partial charge < -0.3 is 10.2 Å². The standard InChI is InChI=1S/C21H19N5O/c1-15-7-9-16(10-8-15)21(27)23-11-19-18-12-25(14-22)13-20(18)26(24-19)17-5-3-2-4-6-17/h2-10H,11-13H2,1H3,(H,23,27). The van der Waals surface area contributed by atoms with Crippen molar-refractivity contribution in [1.82, 2.24) is 20.0 Å². The highest BCUT2D eigenvalue weighted by Gasteiger charge is 2.28. The molecular formula is C21H19N5O. The zero-order valence-electron chi connectivity index (χ0n) is 15.0. The smallest absolute Gasteiger partial charge is 0.251 e. The average molecular weight is 357 g/mol. The molecule has 0 bridgehead atoms. The molecule has 4 rings (SSSR count).